The average molecular weight is 303 g/mol. The van der Waals surface area contributed by atoms with Crippen LogP contribution in [0.1, 0.15) is 15.9 Å². The van der Waals surface area contributed by atoms with E-state index in [9.17, 15) is 22.4 Å². The number of carbonyl (C=O) groups excluding carboxylic acids is 1. The fourth-order valence-corrected chi connectivity index (χ4v) is 1.94. The molecule has 20 heavy (non-hydrogen) atoms. The molecule has 0 unspecified atom stereocenters. The standard InChI is InChI=1S/C14H7ClF4O/c15-8-1-2-10(17)7(3-8)4-13(20)14-11(18)5-9(16)6-12(14)19/h1-3,5-6H,4H2. The molecule has 0 amide bonds. The largest absolute Gasteiger partial charge is 0.294 e. The molecule has 1 nitrogen and oxygen atoms in total. The third-order valence-corrected chi connectivity index (χ3v) is 2.88. The van der Waals surface area contributed by atoms with E-state index in [2.05, 4.69) is 0 Å². The normalized spacial score (nSPS) is 10.7. The van der Waals surface area contributed by atoms with Crippen LogP contribution in [0.5, 0.6) is 0 Å². The summed E-state index contributed by atoms with van der Waals surface area (Å²) in [6, 6.07) is 4.30. The maximum absolute atomic E-state index is 13.5. The number of hydrogen-bond acceptors (Lipinski definition) is 1. The molecule has 0 atom stereocenters. The maximum Gasteiger partial charge on any atom is 0.173 e. The Labute approximate surface area is 116 Å². The second-order valence-electron chi connectivity index (χ2n) is 4.08. The van der Waals surface area contributed by atoms with Gasteiger partial charge in [0, 0.05) is 23.6 Å². The number of Topliss-reactive ketones (excluding diaryl/α,β-unsaturated/α-hetero) is 1. The Kier molecular flexibility index (Phi) is 4.09. The molecule has 0 bridgehead atoms. The highest BCUT2D eigenvalue weighted by molar-refractivity contribution is 6.30. The van der Waals surface area contributed by atoms with Gasteiger partial charge in [-0.3, -0.25) is 4.79 Å². The Morgan fingerprint density at radius 3 is 2.15 bits per heavy atom. The molecule has 0 aromatic heterocycles. The maximum atomic E-state index is 13.5. The van der Waals surface area contributed by atoms with Crippen LogP contribution in [0.25, 0.3) is 0 Å². The summed E-state index contributed by atoms with van der Waals surface area (Å²) in [5.74, 6) is -5.50. The molecule has 2 aromatic carbocycles. The lowest BCUT2D eigenvalue weighted by Gasteiger charge is -2.06. The van der Waals surface area contributed by atoms with Crippen molar-refractivity contribution in [3.8, 4) is 0 Å². The summed E-state index contributed by atoms with van der Waals surface area (Å²) in [6.07, 6.45) is -0.578. The molecule has 104 valence electrons. The van der Waals surface area contributed by atoms with Gasteiger partial charge >= 0.3 is 0 Å². The van der Waals surface area contributed by atoms with Crippen molar-refractivity contribution >= 4 is 17.4 Å². The minimum Gasteiger partial charge on any atom is -0.294 e. The lowest BCUT2D eigenvalue weighted by atomic mass is 10.0. The zero-order valence-electron chi connectivity index (χ0n) is 9.89. The zero-order chi connectivity index (χ0) is 14.9. The second-order valence-corrected chi connectivity index (χ2v) is 4.52. The minimum absolute atomic E-state index is 0.0920. The van der Waals surface area contributed by atoms with E-state index in [1.807, 2.05) is 0 Å². The first kappa shape index (κ1) is 14.5. The van der Waals surface area contributed by atoms with Gasteiger partial charge in [0.25, 0.3) is 0 Å². The Morgan fingerprint density at radius 1 is 0.950 bits per heavy atom. The topological polar surface area (TPSA) is 17.1 Å². The number of rotatable bonds is 3. The summed E-state index contributed by atoms with van der Waals surface area (Å²) in [7, 11) is 0. The van der Waals surface area contributed by atoms with Gasteiger partial charge in [0.05, 0.1) is 5.56 Å². The van der Waals surface area contributed by atoms with Gasteiger partial charge in [-0.1, -0.05) is 11.6 Å². The van der Waals surface area contributed by atoms with Crippen molar-refractivity contribution in [2.45, 2.75) is 6.42 Å². The first-order valence-electron chi connectivity index (χ1n) is 5.50. The summed E-state index contributed by atoms with van der Waals surface area (Å²) >= 11 is 5.65. The molecule has 0 heterocycles. The van der Waals surface area contributed by atoms with Crippen molar-refractivity contribution in [2.24, 2.45) is 0 Å². The van der Waals surface area contributed by atoms with Gasteiger partial charge in [0.1, 0.15) is 23.3 Å². The van der Waals surface area contributed by atoms with Crippen LogP contribution in [0.4, 0.5) is 17.6 Å². The van der Waals surface area contributed by atoms with Crippen LogP contribution in [0.2, 0.25) is 5.02 Å². The van der Waals surface area contributed by atoms with E-state index in [0.717, 1.165) is 6.07 Å². The van der Waals surface area contributed by atoms with Crippen molar-refractivity contribution in [3.63, 3.8) is 0 Å². The van der Waals surface area contributed by atoms with Gasteiger partial charge in [-0.2, -0.15) is 0 Å². The third-order valence-electron chi connectivity index (χ3n) is 2.64. The molecule has 0 fully saturated rings. The van der Waals surface area contributed by atoms with E-state index in [-0.39, 0.29) is 10.6 Å². The highest BCUT2D eigenvalue weighted by Gasteiger charge is 2.20. The van der Waals surface area contributed by atoms with Gasteiger partial charge in [0.15, 0.2) is 5.78 Å². The molecule has 0 radical (unpaired) electrons. The van der Waals surface area contributed by atoms with Gasteiger partial charge in [-0.05, 0) is 23.8 Å². The molecule has 0 aliphatic heterocycles. The third kappa shape index (κ3) is 2.99. The summed E-state index contributed by atoms with van der Waals surface area (Å²) in [6.45, 7) is 0. The van der Waals surface area contributed by atoms with Crippen LogP contribution >= 0.6 is 11.6 Å². The van der Waals surface area contributed by atoms with Crippen molar-refractivity contribution in [1.29, 1.82) is 0 Å². The lowest BCUT2D eigenvalue weighted by molar-refractivity contribution is 0.0983. The number of hydrogen-bond donors (Lipinski definition) is 0. The molecular weight excluding hydrogens is 296 g/mol. The number of benzene rings is 2. The van der Waals surface area contributed by atoms with Crippen molar-refractivity contribution in [3.05, 3.63) is 69.8 Å². The molecule has 0 saturated heterocycles. The number of halogens is 5. The highest BCUT2D eigenvalue weighted by atomic mass is 35.5. The highest BCUT2D eigenvalue weighted by Crippen LogP contribution is 2.20. The fourth-order valence-electron chi connectivity index (χ4n) is 1.75. The van der Waals surface area contributed by atoms with E-state index < -0.39 is 41.0 Å². The summed E-state index contributed by atoms with van der Waals surface area (Å²) in [5, 5.41) is 0.189. The van der Waals surface area contributed by atoms with Crippen LogP contribution in [-0.4, -0.2) is 5.78 Å². The number of ketones is 1. The Balaban J connectivity index is 2.36. The first-order chi connectivity index (χ1) is 9.38. The van der Waals surface area contributed by atoms with E-state index in [1.54, 1.807) is 0 Å². The molecule has 0 aliphatic rings. The van der Waals surface area contributed by atoms with Crippen LogP contribution < -0.4 is 0 Å². The van der Waals surface area contributed by atoms with Crippen LogP contribution in [-0.2, 0) is 6.42 Å². The molecular formula is C14H7ClF4O. The van der Waals surface area contributed by atoms with Crippen LogP contribution in [0, 0.1) is 23.3 Å². The van der Waals surface area contributed by atoms with E-state index in [0.29, 0.717) is 12.1 Å². The van der Waals surface area contributed by atoms with Crippen LogP contribution in [0.3, 0.4) is 0 Å². The monoisotopic (exact) mass is 302 g/mol. The second kappa shape index (κ2) is 5.63. The Bertz CT molecular complexity index is 662. The molecule has 2 rings (SSSR count). The fraction of sp³-hybridized carbons (Fsp3) is 0.0714. The smallest absolute Gasteiger partial charge is 0.173 e. The van der Waals surface area contributed by atoms with E-state index >= 15 is 0 Å². The molecule has 0 aliphatic carbocycles. The van der Waals surface area contributed by atoms with Crippen LogP contribution in [0.15, 0.2) is 30.3 Å². The van der Waals surface area contributed by atoms with Crippen molar-refractivity contribution in [2.75, 3.05) is 0 Å². The predicted octanol–water partition coefficient (Wildman–Crippen LogP) is 4.32. The van der Waals surface area contributed by atoms with Crippen molar-refractivity contribution in [1.82, 2.24) is 0 Å². The molecule has 0 saturated carbocycles. The lowest BCUT2D eigenvalue weighted by Crippen LogP contribution is -2.10. The van der Waals surface area contributed by atoms with E-state index in [1.165, 1.54) is 12.1 Å². The van der Waals surface area contributed by atoms with Gasteiger partial charge < -0.3 is 0 Å². The molecule has 2 aromatic rings. The molecule has 0 N–H and O–H groups in total. The minimum atomic E-state index is -1.32. The van der Waals surface area contributed by atoms with Gasteiger partial charge in [-0.15, -0.1) is 0 Å². The predicted molar refractivity (Wildman–Crippen MR) is 65.8 cm³/mol. The zero-order valence-corrected chi connectivity index (χ0v) is 10.6. The summed E-state index contributed by atoms with van der Waals surface area (Å²) in [4.78, 5) is 11.8. The van der Waals surface area contributed by atoms with E-state index in [4.69, 9.17) is 11.6 Å². The Morgan fingerprint density at radius 2 is 1.55 bits per heavy atom. The quantitative estimate of drug-likeness (QED) is 0.609. The van der Waals surface area contributed by atoms with Crippen molar-refractivity contribution < 1.29 is 22.4 Å². The average Bonchev–Trinajstić information content (AvgIpc) is 2.32. The molecule has 0 spiro atoms. The molecule has 6 heteroatoms. The SMILES string of the molecule is O=C(Cc1cc(Cl)ccc1F)c1c(F)cc(F)cc1F. The summed E-state index contributed by atoms with van der Waals surface area (Å²) < 4.78 is 53.0. The summed E-state index contributed by atoms with van der Waals surface area (Å²) in [5.41, 5.74) is -0.989. The first-order valence-corrected chi connectivity index (χ1v) is 5.88. The number of carbonyl (C=O) groups is 1. The Hall–Kier alpha value is -1.88. The van der Waals surface area contributed by atoms with Gasteiger partial charge in [-0.25, -0.2) is 17.6 Å². The van der Waals surface area contributed by atoms with Gasteiger partial charge in [0.2, 0.25) is 0 Å².